The molecule has 18 heavy (non-hydrogen) atoms. The number of hydrogen-bond acceptors (Lipinski definition) is 3. The van der Waals surface area contributed by atoms with Crippen LogP contribution in [0.5, 0.6) is 0 Å². The van der Waals surface area contributed by atoms with Gasteiger partial charge in [-0.05, 0) is 43.9 Å². The van der Waals surface area contributed by atoms with Crippen LogP contribution in [-0.4, -0.2) is 22.6 Å². The smallest absolute Gasteiger partial charge is 0.271 e. The van der Waals surface area contributed by atoms with Crippen molar-refractivity contribution in [2.24, 2.45) is 5.92 Å². The minimum Gasteiger partial charge on any atom is -0.350 e. The maximum Gasteiger partial charge on any atom is 0.271 e. The number of benzene rings is 1. The number of aryl methyl sites for hydroxylation is 1. The molecule has 0 atom stereocenters. The fourth-order valence-corrected chi connectivity index (χ4v) is 1.93. The normalized spacial score (nSPS) is 14.7. The topological polar surface area (TPSA) is 54.9 Å². The molecule has 0 bridgehead atoms. The standard InChI is InChI=1S/C14H15N3O/c1-9-2-5-12-11(6-9)7-13(17-16-12)14(18)15-8-10-3-4-10/h2,5-7,10H,3-4,8H2,1H3,(H,15,18). The molecular weight excluding hydrogens is 226 g/mol. The third-order valence-electron chi connectivity index (χ3n) is 3.22. The Balaban J connectivity index is 1.84. The second-order valence-electron chi connectivity index (χ2n) is 4.95. The van der Waals surface area contributed by atoms with Crippen LogP contribution in [0.4, 0.5) is 0 Å². The molecule has 1 fully saturated rings. The summed E-state index contributed by atoms with van der Waals surface area (Å²) in [4.78, 5) is 11.9. The highest BCUT2D eigenvalue weighted by molar-refractivity contribution is 5.95. The first-order valence-corrected chi connectivity index (χ1v) is 6.25. The summed E-state index contributed by atoms with van der Waals surface area (Å²) in [5.41, 5.74) is 2.37. The molecule has 3 rings (SSSR count). The molecule has 1 aromatic carbocycles. The number of fused-ring (bicyclic) bond motifs is 1. The van der Waals surface area contributed by atoms with E-state index in [4.69, 9.17) is 0 Å². The predicted molar refractivity (Wildman–Crippen MR) is 69.3 cm³/mol. The van der Waals surface area contributed by atoms with Crippen molar-refractivity contribution in [3.05, 3.63) is 35.5 Å². The van der Waals surface area contributed by atoms with Gasteiger partial charge in [-0.1, -0.05) is 11.6 Å². The first kappa shape index (κ1) is 11.1. The molecule has 0 spiro atoms. The van der Waals surface area contributed by atoms with Crippen LogP contribution in [0.25, 0.3) is 10.9 Å². The van der Waals surface area contributed by atoms with Gasteiger partial charge in [0.2, 0.25) is 0 Å². The molecular formula is C14H15N3O. The summed E-state index contributed by atoms with van der Waals surface area (Å²) < 4.78 is 0. The molecule has 1 heterocycles. The van der Waals surface area contributed by atoms with E-state index in [2.05, 4.69) is 15.5 Å². The number of amides is 1. The molecule has 0 saturated heterocycles. The fraction of sp³-hybridized carbons (Fsp3) is 0.357. The summed E-state index contributed by atoms with van der Waals surface area (Å²) in [7, 11) is 0. The second kappa shape index (κ2) is 4.37. The lowest BCUT2D eigenvalue weighted by molar-refractivity contribution is 0.0946. The first-order chi connectivity index (χ1) is 8.72. The van der Waals surface area contributed by atoms with E-state index in [1.165, 1.54) is 12.8 Å². The van der Waals surface area contributed by atoms with Crippen molar-refractivity contribution < 1.29 is 4.79 Å². The van der Waals surface area contributed by atoms with Gasteiger partial charge in [-0.2, -0.15) is 0 Å². The zero-order chi connectivity index (χ0) is 12.5. The maximum absolute atomic E-state index is 11.9. The van der Waals surface area contributed by atoms with Crippen LogP contribution in [0.15, 0.2) is 24.3 Å². The molecule has 0 aliphatic heterocycles. The number of hydrogen-bond donors (Lipinski definition) is 1. The van der Waals surface area contributed by atoms with E-state index in [1.54, 1.807) is 6.07 Å². The van der Waals surface area contributed by atoms with Crippen molar-refractivity contribution in [2.45, 2.75) is 19.8 Å². The quantitative estimate of drug-likeness (QED) is 0.895. The summed E-state index contributed by atoms with van der Waals surface area (Å²) in [5.74, 6) is 0.544. The molecule has 92 valence electrons. The Morgan fingerprint density at radius 3 is 2.94 bits per heavy atom. The maximum atomic E-state index is 11.9. The van der Waals surface area contributed by atoms with Gasteiger partial charge in [-0.3, -0.25) is 4.79 Å². The molecule has 2 aromatic rings. The van der Waals surface area contributed by atoms with Crippen LogP contribution in [0.1, 0.15) is 28.9 Å². The first-order valence-electron chi connectivity index (χ1n) is 6.25. The van der Waals surface area contributed by atoms with E-state index >= 15 is 0 Å². The SMILES string of the molecule is Cc1ccc2nnc(C(=O)NCC3CC3)cc2c1. The second-order valence-corrected chi connectivity index (χ2v) is 4.95. The highest BCUT2D eigenvalue weighted by Gasteiger charge is 2.22. The summed E-state index contributed by atoms with van der Waals surface area (Å²) in [6.07, 6.45) is 2.45. The fourth-order valence-electron chi connectivity index (χ4n) is 1.93. The Labute approximate surface area is 105 Å². The van der Waals surface area contributed by atoms with Crippen LogP contribution in [-0.2, 0) is 0 Å². The monoisotopic (exact) mass is 241 g/mol. The molecule has 1 aliphatic carbocycles. The van der Waals surface area contributed by atoms with Crippen molar-refractivity contribution >= 4 is 16.8 Å². The van der Waals surface area contributed by atoms with Crippen LogP contribution in [0, 0.1) is 12.8 Å². The van der Waals surface area contributed by atoms with Crippen molar-refractivity contribution in [2.75, 3.05) is 6.54 Å². The lowest BCUT2D eigenvalue weighted by Crippen LogP contribution is -2.26. The van der Waals surface area contributed by atoms with E-state index in [9.17, 15) is 4.79 Å². The van der Waals surface area contributed by atoms with Crippen LogP contribution in [0.3, 0.4) is 0 Å². The van der Waals surface area contributed by atoms with Crippen molar-refractivity contribution in [1.82, 2.24) is 15.5 Å². The van der Waals surface area contributed by atoms with E-state index < -0.39 is 0 Å². The Morgan fingerprint density at radius 1 is 1.33 bits per heavy atom. The molecule has 1 amide bonds. The third kappa shape index (κ3) is 2.32. The van der Waals surface area contributed by atoms with Crippen molar-refractivity contribution in [1.29, 1.82) is 0 Å². The minimum atomic E-state index is -0.127. The number of nitrogens with zero attached hydrogens (tertiary/aromatic N) is 2. The number of carbonyl (C=O) groups excluding carboxylic acids is 1. The average Bonchev–Trinajstić information content (AvgIpc) is 3.19. The highest BCUT2D eigenvalue weighted by Crippen LogP contribution is 2.27. The van der Waals surface area contributed by atoms with E-state index in [0.29, 0.717) is 11.6 Å². The van der Waals surface area contributed by atoms with Gasteiger partial charge in [0.15, 0.2) is 5.69 Å². The van der Waals surface area contributed by atoms with Gasteiger partial charge in [0.1, 0.15) is 0 Å². The molecule has 4 nitrogen and oxygen atoms in total. The van der Waals surface area contributed by atoms with E-state index in [0.717, 1.165) is 23.0 Å². The van der Waals surface area contributed by atoms with Crippen molar-refractivity contribution in [3.8, 4) is 0 Å². The van der Waals surface area contributed by atoms with Gasteiger partial charge in [-0.25, -0.2) is 0 Å². The number of aromatic nitrogens is 2. The van der Waals surface area contributed by atoms with Gasteiger partial charge >= 0.3 is 0 Å². The van der Waals surface area contributed by atoms with Crippen LogP contribution >= 0.6 is 0 Å². The Bertz CT molecular complexity index is 605. The Morgan fingerprint density at radius 2 is 2.17 bits per heavy atom. The van der Waals surface area contributed by atoms with Crippen LogP contribution < -0.4 is 5.32 Å². The average molecular weight is 241 g/mol. The van der Waals surface area contributed by atoms with E-state index in [-0.39, 0.29) is 5.91 Å². The summed E-state index contributed by atoms with van der Waals surface area (Å²) in [6, 6.07) is 7.73. The lowest BCUT2D eigenvalue weighted by atomic mass is 10.1. The number of nitrogens with one attached hydrogen (secondary N) is 1. The van der Waals surface area contributed by atoms with Gasteiger partial charge < -0.3 is 5.32 Å². The molecule has 0 radical (unpaired) electrons. The molecule has 1 saturated carbocycles. The van der Waals surface area contributed by atoms with Crippen molar-refractivity contribution in [3.63, 3.8) is 0 Å². The molecule has 1 aliphatic rings. The largest absolute Gasteiger partial charge is 0.350 e. The minimum absolute atomic E-state index is 0.127. The zero-order valence-electron chi connectivity index (χ0n) is 10.3. The summed E-state index contributed by atoms with van der Waals surface area (Å²) >= 11 is 0. The zero-order valence-corrected chi connectivity index (χ0v) is 10.3. The highest BCUT2D eigenvalue weighted by atomic mass is 16.1. The van der Waals surface area contributed by atoms with Gasteiger partial charge in [0.25, 0.3) is 5.91 Å². The Kier molecular flexibility index (Phi) is 2.70. The summed E-state index contributed by atoms with van der Waals surface area (Å²) in [5, 5.41) is 11.9. The lowest BCUT2D eigenvalue weighted by Gasteiger charge is -2.04. The van der Waals surface area contributed by atoms with E-state index in [1.807, 2.05) is 25.1 Å². The Hall–Kier alpha value is -1.97. The van der Waals surface area contributed by atoms with Gasteiger partial charge in [-0.15, -0.1) is 10.2 Å². The number of carbonyl (C=O) groups is 1. The van der Waals surface area contributed by atoms with Gasteiger partial charge in [0.05, 0.1) is 5.52 Å². The number of rotatable bonds is 3. The third-order valence-corrected chi connectivity index (χ3v) is 3.22. The molecule has 1 N–H and O–H groups in total. The molecule has 0 unspecified atom stereocenters. The molecule has 1 aromatic heterocycles. The van der Waals surface area contributed by atoms with Gasteiger partial charge in [0, 0.05) is 11.9 Å². The van der Waals surface area contributed by atoms with Crippen LogP contribution in [0.2, 0.25) is 0 Å². The molecule has 4 heteroatoms. The predicted octanol–water partition coefficient (Wildman–Crippen LogP) is 2.08. The summed E-state index contributed by atoms with van der Waals surface area (Å²) in [6.45, 7) is 2.78.